The van der Waals surface area contributed by atoms with E-state index in [4.69, 9.17) is 23.1 Å². The lowest BCUT2D eigenvalue weighted by Crippen LogP contribution is -2.39. The molecule has 0 radical (unpaired) electrons. The van der Waals surface area contributed by atoms with Gasteiger partial charge in [0, 0.05) is 12.2 Å². The van der Waals surface area contributed by atoms with E-state index in [1.165, 1.54) is 11.0 Å². The third-order valence-corrected chi connectivity index (χ3v) is 2.95. The first kappa shape index (κ1) is 15.3. The Morgan fingerprint density at radius 2 is 2.05 bits per heavy atom. The average molecular weight is 284 g/mol. The minimum Gasteiger partial charge on any atom is -0.399 e. The number of rotatable bonds is 6. The highest BCUT2D eigenvalue weighted by Crippen LogP contribution is 2.21. The van der Waals surface area contributed by atoms with Crippen LogP contribution in [-0.2, 0) is 4.79 Å². The molecule has 0 fully saturated rings. The van der Waals surface area contributed by atoms with Crippen LogP contribution in [0.15, 0.2) is 18.2 Å². The molecule has 1 aromatic rings. The second-order valence-corrected chi connectivity index (χ2v) is 4.69. The molecule has 2 amide bonds. The molecule has 4 N–H and O–H groups in total. The van der Waals surface area contributed by atoms with E-state index < -0.39 is 5.91 Å². The van der Waals surface area contributed by atoms with Crippen molar-refractivity contribution in [2.45, 2.75) is 19.8 Å². The Morgan fingerprint density at radius 3 is 2.58 bits per heavy atom. The largest absolute Gasteiger partial charge is 0.399 e. The molecule has 0 aliphatic heterocycles. The van der Waals surface area contributed by atoms with Gasteiger partial charge >= 0.3 is 0 Å². The lowest BCUT2D eigenvalue weighted by molar-refractivity contribution is -0.118. The molecule has 0 bridgehead atoms. The number of primary amides is 1. The molecular weight excluding hydrogens is 266 g/mol. The first-order valence-electron chi connectivity index (χ1n) is 6.08. The Morgan fingerprint density at radius 1 is 1.37 bits per heavy atom. The van der Waals surface area contributed by atoms with E-state index >= 15 is 0 Å². The summed E-state index contributed by atoms with van der Waals surface area (Å²) in [5.41, 5.74) is 11.5. The molecule has 0 spiro atoms. The molecule has 104 valence electrons. The number of nitrogens with two attached hydrogens (primary N) is 2. The van der Waals surface area contributed by atoms with E-state index in [0.717, 1.165) is 12.8 Å². The molecule has 0 saturated carbocycles. The number of benzene rings is 1. The standard InChI is InChI=1S/C13H18ClN3O2/c1-2-3-6-17(8-12(16)18)13(19)10-5-4-9(15)7-11(10)14/h4-5,7H,2-3,6,8,15H2,1H3,(H2,16,18). The van der Waals surface area contributed by atoms with Crippen molar-refractivity contribution in [3.8, 4) is 0 Å². The number of amides is 2. The second-order valence-electron chi connectivity index (χ2n) is 4.29. The molecule has 0 heterocycles. The van der Waals surface area contributed by atoms with E-state index in [9.17, 15) is 9.59 Å². The smallest absolute Gasteiger partial charge is 0.255 e. The number of halogens is 1. The second kappa shape index (κ2) is 6.99. The van der Waals surface area contributed by atoms with Crippen LogP contribution in [0.5, 0.6) is 0 Å². The Hall–Kier alpha value is -1.75. The number of carbonyl (C=O) groups is 2. The van der Waals surface area contributed by atoms with Crippen LogP contribution in [0.1, 0.15) is 30.1 Å². The van der Waals surface area contributed by atoms with E-state index in [0.29, 0.717) is 17.8 Å². The van der Waals surface area contributed by atoms with Crippen LogP contribution in [0.25, 0.3) is 0 Å². The van der Waals surface area contributed by atoms with E-state index in [-0.39, 0.29) is 17.5 Å². The molecule has 0 unspecified atom stereocenters. The maximum atomic E-state index is 12.3. The first-order chi connectivity index (χ1) is 8.95. The lowest BCUT2D eigenvalue weighted by Gasteiger charge is -2.21. The highest BCUT2D eigenvalue weighted by molar-refractivity contribution is 6.34. The molecule has 19 heavy (non-hydrogen) atoms. The normalized spacial score (nSPS) is 10.2. The van der Waals surface area contributed by atoms with Gasteiger partial charge in [-0.2, -0.15) is 0 Å². The van der Waals surface area contributed by atoms with Crippen molar-refractivity contribution in [3.63, 3.8) is 0 Å². The Balaban J connectivity index is 2.93. The van der Waals surface area contributed by atoms with Gasteiger partial charge in [0.2, 0.25) is 5.91 Å². The zero-order valence-corrected chi connectivity index (χ0v) is 11.6. The number of unbranched alkanes of at least 4 members (excludes halogenated alkanes) is 1. The van der Waals surface area contributed by atoms with E-state index in [1.54, 1.807) is 12.1 Å². The molecule has 0 saturated heterocycles. The van der Waals surface area contributed by atoms with Crippen LogP contribution >= 0.6 is 11.6 Å². The maximum Gasteiger partial charge on any atom is 0.255 e. The van der Waals surface area contributed by atoms with Gasteiger partial charge in [-0.25, -0.2) is 0 Å². The number of anilines is 1. The van der Waals surface area contributed by atoms with Crippen LogP contribution in [0, 0.1) is 0 Å². The van der Waals surface area contributed by atoms with Gasteiger partial charge in [0.25, 0.3) is 5.91 Å². The molecule has 0 aromatic heterocycles. The molecule has 0 aliphatic carbocycles. The fourth-order valence-corrected chi connectivity index (χ4v) is 1.93. The van der Waals surface area contributed by atoms with Crippen molar-refractivity contribution in [1.82, 2.24) is 4.90 Å². The average Bonchev–Trinajstić information content (AvgIpc) is 2.33. The van der Waals surface area contributed by atoms with Crippen LogP contribution in [0.2, 0.25) is 5.02 Å². The van der Waals surface area contributed by atoms with Gasteiger partial charge in [-0.05, 0) is 24.6 Å². The summed E-state index contributed by atoms with van der Waals surface area (Å²) >= 11 is 6.00. The third-order valence-electron chi connectivity index (χ3n) is 2.64. The number of hydrogen-bond donors (Lipinski definition) is 2. The van der Waals surface area contributed by atoms with Crippen molar-refractivity contribution in [2.75, 3.05) is 18.8 Å². The van der Waals surface area contributed by atoms with Gasteiger partial charge in [0.05, 0.1) is 17.1 Å². The molecule has 6 heteroatoms. The summed E-state index contributed by atoms with van der Waals surface area (Å²) in [6.07, 6.45) is 1.71. The Kier molecular flexibility index (Phi) is 5.63. The van der Waals surface area contributed by atoms with E-state index in [1.807, 2.05) is 6.92 Å². The minimum atomic E-state index is -0.545. The SMILES string of the molecule is CCCCN(CC(N)=O)C(=O)c1ccc(N)cc1Cl. The van der Waals surface area contributed by atoms with Gasteiger partial charge in [-0.15, -0.1) is 0 Å². The van der Waals surface area contributed by atoms with Gasteiger partial charge in [-0.3, -0.25) is 9.59 Å². The number of nitrogens with zero attached hydrogens (tertiary/aromatic N) is 1. The summed E-state index contributed by atoms with van der Waals surface area (Å²) in [5, 5.41) is 0.274. The molecule has 1 aromatic carbocycles. The van der Waals surface area contributed by atoms with Gasteiger partial charge in [-0.1, -0.05) is 24.9 Å². The summed E-state index contributed by atoms with van der Waals surface area (Å²) in [4.78, 5) is 24.7. The monoisotopic (exact) mass is 283 g/mol. The van der Waals surface area contributed by atoms with Gasteiger partial charge in [0.1, 0.15) is 0 Å². The van der Waals surface area contributed by atoms with Gasteiger partial charge < -0.3 is 16.4 Å². The summed E-state index contributed by atoms with van der Waals surface area (Å²) in [6, 6.07) is 4.67. The van der Waals surface area contributed by atoms with Crippen LogP contribution in [0.3, 0.4) is 0 Å². The lowest BCUT2D eigenvalue weighted by atomic mass is 10.1. The fraction of sp³-hybridized carbons (Fsp3) is 0.385. The fourth-order valence-electron chi connectivity index (χ4n) is 1.66. The van der Waals surface area contributed by atoms with Crippen LogP contribution < -0.4 is 11.5 Å². The summed E-state index contributed by atoms with van der Waals surface area (Å²) < 4.78 is 0. The highest BCUT2D eigenvalue weighted by Gasteiger charge is 2.19. The summed E-state index contributed by atoms with van der Waals surface area (Å²) in [7, 11) is 0. The van der Waals surface area contributed by atoms with Crippen molar-refractivity contribution in [1.29, 1.82) is 0 Å². The number of nitrogen functional groups attached to an aromatic ring is 1. The van der Waals surface area contributed by atoms with Gasteiger partial charge in [0.15, 0.2) is 0 Å². The topological polar surface area (TPSA) is 89.4 Å². The zero-order valence-electron chi connectivity index (χ0n) is 10.9. The molecular formula is C13H18ClN3O2. The van der Waals surface area contributed by atoms with Crippen LogP contribution in [0.4, 0.5) is 5.69 Å². The Labute approximate surface area is 117 Å². The van der Waals surface area contributed by atoms with E-state index in [2.05, 4.69) is 0 Å². The molecule has 0 atom stereocenters. The zero-order chi connectivity index (χ0) is 14.4. The third kappa shape index (κ3) is 4.44. The predicted molar refractivity (Wildman–Crippen MR) is 75.9 cm³/mol. The minimum absolute atomic E-state index is 0.112. The van der Waals surface area contributed by atoms with Crippen molar-refractivity contribution in [2.24, 2.45) is 5.73 Å². The Bertz CT molecular complexity index is 477. The van der Waals surface area contributed by atoms with Crippen molar-refractivity contribution >= 4 is 29.1 Å². The van der Waals surface area contributed by atoms with Crippen LogP contribution in [-0.4, -0.2) is 29.8 Å². The van der Waals surface area contributed by atoms with Crippen molar-refractivity contribution < 1.29 is 9.59 Å². The molecule has 1 rings (SSSR count). The molecule has 0 aliphatic rings. The van der Waals surface area contributed by atoms with Crippen molar-refractivity contribution in [3.05, 3.63) is 28.8 Å². The summed E-state index contributed by atoms with van der Waals surface area (Å²) in [6.45, 7) is 2.36. The highest BCUT2D eigenvalue weighted by atomic mass is 35.5. The number of carbonyl (C=O) groups excluding carboxylic acids is 2. The maximum absolute atomic E-state index is 12.3. The molecule has 5 nitrogen and oxygen atoms in total. The number of hydrogen-bond acceptors (Lipinski definition) is 3. The first-order valence-corrected chi connectivity index (χ1v) is 6.46. The summed E-state index contributed by atoms with van der Waals surface area (Å²) in [5.74, 6) is -0.853. The predicted octanol–water partition coefficient (Wildman–Crippen LogP) is 1.65. The quantitative estimate of drug-likeness (QED) is 0.778.